The number of aromatic carboxylic acids is 1. The number of hydrogen-bond donors (Lipinski definition) is 2. The summed E-state index contributed by atoms with van der Waals surface area (Å²) in [4.78, 5) is 14.4. The Balaban J connectivity index is 1.45. The van der Waals surface area contributed by atoms with Crippen molar-refractivity contribution in [3.8, 4) is 5.75 Å². The van der Waals surface area contributed by atoms with E-state index in [1.54, 1.807) is 25.3 Å². The lowest BCUT2D eigenvalue weighted by Crippen LogP contribution is -2.50. The first-order chi connectivity index (χ1) is 21.1. The second kappa shape index (κ2) is 12.9. The standard InChI is InChI=1S/C35H47ClN2O6S/c1-22(17-34(3,4)23(2)19-45(37,41)42)32(43-5)28-11-8-26(28)18-38-20-35(14-6-7-24-15-27(36)10-12-29(24)35)21-44-31-13-9-25(33(39)40)16-30(31)38/h9-10,12-13,15-17,23,26,28,32H,6-8,11,14,18-21H2,1-5H3,(H,39,40)(H2,37,41,42)/b22-17+/t23-,26+,28-,32+,35+/m1/s1. The molecule has 10 heteroatoms. The molecular formula is C35H47ClN2O6S. The van der Waals surface area contributed by atoms with Gasteiger partial charge >= 0.3 is 5.97 Å². The predicted octanol–water partition coefficient (Wildman–Crippen LogP) is 6.45. The van der Waals surface area contributed by atoms with Gasteiger partial charge in [-0.25, -0.2) is 18.4 Å². The van der Waals surface area contributed by atoms with Crippen LogP contribution in [0, 0.1) is 23.2 Å². The molecule has 5 atom stereocenters. The van der Waals surface area contributed by atoms with Crippen LogP contribution in [0.4, 0.5) is 5.69 Å². The van der Waals surface area contributed by atoms with Crippen LogP contribution in [-0.4, -0.2) is 58.2 Å². The molecule has 0 aromatic heterocycles. The van der Waals surface area contributed by atoms with Crippen LogP contribution in [0.1, 0.15) is 74.9 Å². The molecule has 0 amide bonds. The molecule has 45 heavy (non-hydrogen) atoms. The summed E-state index contributed by atoms with van der Waals surface area (Å²) in [5, 5.41) is 16.0. The quantitative estimate of drug-likeness (QED) is 0.282. The number of benzene rings is 2. The normalized spacial score (nSPS) is 25.0. The minimum absolute atomic E-state index is 0.0840. The summed E-state index contributed by atoms with van der Waals surface area (Å²) in [6.45, 7) is 10.0. The second-order valence-electron chi connectivity index (χ2n) is 14.2. The van der Waals surface area contributed by atoms with Gasteiger partial charge in [-0.3, -0.25) is 0 Å². The van der Waals surface area contributed by atoms with Gasteiger partial charge in [0.25, 0.3) is 0 Å². The number of hydrogen-bond acceptors (Lipinski definition) is 6. The topological polar surface area (TPSA) is 119 Å². The van der Waals surface area contributed by atoms with Crippen molar-refractivity contribution in [1.82, 2.24) is 0 Å². The smallest absolute Gasteiger partial charge is 0.335 e. The summed E-state index contributed by atoms with van der Waals surface area (Å²) >= 11 is 6.40. The van der Waals surface area contributed by atoms with Crippen molar-refractivity contribution < 1.29 is 27.8 Å². The van der Waals surface area contributed by atoms with Gasteiger partial charge in [-0.1, -0.05) is 44.5 Å². The van der Waals surface area contributed by atoms with Crippen LogP contribution in [0.5, 0.6) is 5.75 Å². The fourth-order valence-corrected chi connectivity index (χ4v) is 9.14. The molecule has 0 bridgehead atoms. The zero-order chi connectivity index (χ0) is 32.7. The number of anilines is 1. The van der Waals surface area contributed by atoms with Crippen LogP contribution >= 0.6 is 11.6 Å². The van der Waals surface area contributed by atoms with E-state index in [0.717, 1.165) is 54.9 Å². The number of fused-ring (bicyclic) bond motifs is 3. The molecule has 3 N–H and O–H groups in total. The van der Waals surface area contributed by atoms with E-state index in [9.17, 15) is 18.3 Å². The van der Waals surface area contributed by atoms with E-state index in [1.807, 2.05) is 26.8 Å². The number of carbonyl (C=O) groups is 1. The van der Waals surface area contributed by atoms with E-state index < -0.39 is 21.4 Å². The van der Waals surface area contributed by atoms with Crippen LogP contribution in [0.25, 0.3) is 0 Å². The largest absolute Gasteiger partial charge is 0.490 e. The summed E-state index contributed by atoms with van der Waals surface area (Å²) in [5.74, 6) is 0.0689. The first-order valence-electron chi connectivity index (χ1n) is 15.9. The maximum atomic E-state index is 12.0. The van der Waals surface area contributed by atoms with Crippen LogP contribution in [0.3, 0.4) is 0 Å². The highest BCUT2D eigenvalue weighted by molar-refractivity contribution is 7.89. The van der Waals surface area contributed by atoms with Crippen molar-refractivity contribution in [2.75, 3.05) is 37.5 Å². The fraction of sp³-hybridized carbons (Fsp3) is 0.571. The van der Waals surface area contributed by atoms with E-state index in [2.05, 4.69) is 30.0 Å². The van der Waals surface area contributed by atoms with E-state index in [1.165, 1.54) is 11.1 Å². The molecule has 2 aliphatic carbocycles. The SMILES string of the molecule is CO[C@@H](/C(C)=C/C(C)(C)[C@H](C)CS(N)(=O)=O)[C@@H]1CC[C@H]1CN1C[C@@]2(CCCc3cc(Cl)ccc32)COc2ccc(C(=O)O)cc21. The number of halogens is 1. The molecule has 0 radical (unpaired) electrons. The highest BCUT2D eigenvalue weighted by atomic mass is 35.5. The van der Waals surface area contributed by atoms with Crippen molar-refractivity contribution in [3.05, 3.63) is 69.8 Å². The maximum absolute atomic E-state index is 12.0. The molecule has 8 nitrogen and oxygen atoms in total. The van der Waals surface area contributed by atoms with Crippen LogP contribution < -0.4 is 14.8 Å². The Hall–Kier alpha value is -2.59. The molecule has 0 saturated heterocycles. The van der Waals surface area contributed by atoms with E-state index in [0.29, 0.717) is 24.8 Å². The molecule has 5 rings (SSSR count). The molecule has 1 aliphatic heterocycles. The molecule has 1 spiro atoms. The first-order valence-corrected chi connectivity index (χ1v) is 18.0. The van der Waals surface area contributed by atoms with E-state index >= 15 is 0 Å². The number of sulfonamides is 1. The fourth-order valence-electron chi connectivity index (χ4n) is 7.82. The van der Waals surface area contributed by atoms with Crippen LogP contribution in [0.2, 0.25) is 5.02 Å². The third kappa shape index (κ3) is 7.22. The lowest BCUT2D eigenvalue weighted by molar-refractivity contribution is 0.00554. The van der Waals surface area contributed by atoms with Crippen molar-refractivity contribution >= 4 is 33.3 Å². The first kappa shape index (κ1) is 33.8. The van der Waals surface area contributed by atoms with Crippen molar-refractivity contribution in [2.45, 2.75) is 71.3 Å². The number of primary sulfonamides is 1. The average Bonchev–Trinajstić information content (AvgIpc) is 3.09. The number of nitrogens with two attached hydrogens (primary N) is 1. The molecule has 3 aliphatic rings. The van der Waals surface area contributed by atoms with Gasteiger partial charge in [0.05, 0.1) is 29.7 Å². The van der Waals surface area contributed by atoms with E-state index in [-0.39, 0.29) is 34.7 Å². The lowest BCUT2D eigenvalue weighted by atomic mass is 9.67. The van der Waals surface area contributed by atoms with Gasteiger partial charge in [-0.05, 0) is 109 Å². The molecule has 1 heterocycles. The Morgan fingerprint density at radius 2 is 2.02 bits per heavy atom. The number of carboxylic acids is 1. The number of aryl methyl sites for hydroxylation is 1. The number of methoxy groups -OCH3 is 1. The average molecular weight is 659 g/mol. The minimum atomic E-state index is -3.59. The molecular weight excluding hydrogens is 612 g/mol. The maximum Gasteiger partial charge on any atom is 0.335 e. The zero-order valence-corrected chi connectivity index (χ0v) is 28.6. The zero-order valence-electron chi connectivity index (χ0n) is 27.0. The summed E-state index contributed by atoms with van der Waals surface area (Å²) in [6, 6.07) is 11.4. The number of rotatable bonds is 10. The highest BCUT2D eigenvalue weighted by Crippen LogP contribution is 2.47. The van der Waals surface area contributed by atoms with Crippen molar-refractivity contribution in [1.29, 1.82) is 0 Å². The Morgan fingerprint density at radius 1 is 1.27 bits per heavy atom. The number of carboxylic acid groups (broad SMARTS) is 1. The third-order valence-electron chi connectivity index (χ3n) is 10.7. The summed E-state index contributed by atoms with van der Waals surface area (Å²) in [7, 11) is -1.85. The molecule has 2 aromatic carbocycles. The van der Waals surface area contributed by atoms with Gasteiger partial charge < -0.3 is 19.5 Å². The summed E-state index contributed by atoms with van der Waals surface area (Å²) < 4.78 is 36.3. The molecule has 246 valence electrons. The lowest BCUT2D eigenvalue weighted by Gasteiger charge is -2.46. The van der Waals surface area contributed by atoms with Crippen molar-refractivity contribution in [2.24, 2.45) is 28.3 Å². The number of ether oxygens (including phenoxy) is 2. The van der Waals surface area contributed by atoms with E-state index in [4.69, 9.17) is 26.2 Å². The predicted molar refractivity (Wildman–Crippen MR) is 179 cm³/mol. The van der Waals surface area contributed by atoms with Gasteiger partial charge in [0.1, 0.15) is 5.75 Å². The second-order valence-corrected chi connectivity index (χ2v) is 16.3. The number of allylic oxidation sites excluding steroid dienone is 1. The monoisotopic (exact) mass is 658 g/mol. The van der Waals surface area contributed by atoms with Gasteiger partial charge in [0, 0.05) is 30.6 Å². The summed E-state index contributed by atoms with van der Waals surface area (Å²) in [6.07, 6.45) is 7.06. The Bertz CT molecular complexity index is 1570. The molecule has 1 fully saturated rings. The molecule has 0 unspecified atom stereocenters. The van der Waals surface area contributed by atoms with Gasteiger partial charge in [-0.2, -0.15) is 0 Å². The van der Waals surface area contributed by atoms with Gasteiger partial charge in [0.2, 0.25) is 10.0 Å². The van der Waals surface area contributed by atoms with Crippen molar-refractivity contribution in [3.63, 3.8) is 0 Å². The van der Waals surface area contributed by atoms with Gasteiger partial charge in [-0.15, -0.1) is 0 Å². The van der Waals surface area contributed by atoms with Crippen LogP contribution in [-0.2, 0) is 26.6 Å². The third-order valence-corrected chi connectivity index (χ3v) is 11.9. The molecule has 2 aromatic rings. The van der Waals surface area contributed by atoms with Gasteiger partial charge in [0.15, 0.2) is 0 Å². The molecule has 1 saturated carbocycles. The van der Waals surface area contributed by atoms with Crippen LogP contribution in [0.15, 0.2) is 48.0 Å². The Kier molecular flexibility index (Phi) is 9.68. The Morgan fingerprint density at radius 3 is 2.67 bits per heavy atom. The number of nitrogens with zero attached hydrogens (tertiary/aromatic N) is 1. The highest BCUT2D eigenvalue weighted by Gasteiger charge is 2.45. The minimum Gasteiger partial charge on any atom is -0.490 e. The Labute approximate surface area is 273 Å². The summed E-state index contributed by atoms with van der Waals surface area (Å²) in [5.41, 5.74) is 4.02.